The van der Waals surface area contributed by atoms with Crippen LogP contribution >= 0.6 is 0 Å². The maximum Gasteiger partial charge on any atom is 0.0869 e. The summed E-state index contributed by atoms with van der Waals surface area (Å²) < 4.78 is 0. The SMILES string of the molecule is CC(C)NCC(C)(O)CN1CC2CCCCN2CC1C. The van der Waals surface area contributed by atoms with E-state index >= 15 is 0 Å². The fraction of sp³-hybridized carbons (Fsp3) is 1.00. The summed E-state index contributed by atoms with van der Waals surface area (Å²) in [4.78, 5) is 5.15. The molecule has 0 aromatic rings. The lowest BCUT2D eigenvalue weighted by Gasteiger charge is -2.49. The minimum Gasteiger partial charge on any atom is -0.388 e. The number of piperazine rings is 1. The van der Waals surface area contributed by atoms with Gasteiger partial charge in [0.15, 0.2) is 0 Å². The summed E-state index contributed by atoms with van der Waals surface area (Å²) in [6.45, 7) is 13.5. The second kappa shape index (κ2) is 6.73. The number of fused-ring (bicyclic) bond motifs is 1. The lowest BCUT2D eigenvalue weighted by atomic mass is 9.95. The molecule has 0 aliphatic carbocycles. The Hall–Kier alpha value is -0.160. The Morgan fingerprint density at radius 2 is 2.05 bits per heavy atom. The molecule has 2 N–H and O–H groups in total. The van der Waals surface area contributed by atoms with E-state index in [2.05, 4.69) is 35.9 Å². The molecule has 2 aliphatic heterocycles. The number of piperidine rings is 1. The van der Waals surface area contributed by atoms with Crippen molar-refractivity contribution < 1.29 is 5.11 Å². The zero-order valence-corrected chi connectivity index (χ0v) is 13.7. The molecule has 3 atom stereocenters. The summed E-state index contributed by atoms with van der Waals surface area (Å²) in [5, 5.41) is 14.0. The van der Waals surface area contributed by atoms with Crippen LogP contribution in [0.4, 0.5) is 0 Å². The average molecular weight is 283 g/mol. The van der Waals surface area contributed by atoms with Crippen LogP contribution in [0.15, 0.2) is 0 Å². The second-order valence-electron chi connectivity index (χ2n) is 7.46. The molecule has 0 radical (unpaired) electrons. The molecule has 0 aromatic heterocycles. The first-order valence-corrected chi connectivity index (χ1v) is 8.31. The molecule has 0 aromatic carbocycles. The zero-order chi connectivity index (χ0) is 14.8. The van der Waals surface area contributed by atoms with Gasteiger partial charge in [0.05, 0.1) is 5.60 Å². The third-order valence-electron chi connectivity index (χ3n) is 4.75. The number of nitrogens with one attached hydrogen (secondary N) is 1. The average Bonchev–Trinajstić information content (AvgIpc) is 2.37. The van der Waals surface area contributed by atoms with E-state index in [1.54, 1.807) is 0 Å². The van der Waals surface area contributed by atoms with E-state index < -0.39 is 5.60 Å². The highest BCUT2D eigenvalue weighted by Gasteiger charge is 2.35. The summed E-state index contributed by atoms with van der Waals surface area (Å²) in [6.07, 6.45) is 4.06. The highest BCUT2D eigenvalue weighted by Crippen LogP contribution is 2.25. The molecule has 0 bridgehead atoms. The van der Waals surface area contributed by atoms with Crippen LogP contribution in [-0.4, -0.2) is 71.4 Å². The Morgan fingerprint density at radius 1 is 1.30 bits per heavy atom. The molecule has 2 rings (SSSR count). The van der Waals surface area contributed by atoms with Crippen molar-refractivity contribution in [3.8, 4) is 0 Å². The lowest BCUT2D eigenvalue weighted by molar-refractivity contribution is -0.0396. The van der Waals surface area contributed by atoms with Gasteiger partial charge >= 0.3 is 0 Å². The summed E-state index contributed by atoms with van der Waals surface area (Å²) in [7, 11) is 0. The van der Waals surface area contributed by atoms with Gasteiger partial charge in [-0.2, -0.15) is 0 Å². The van der Waals surface area contributed by atoms with E-state index in [9.17, 15) is 5.11 Å². The van der Waals surface area contributed by atoms with Gasteiger partial charge in [0.25, 0.3) is 0 Å². The molecule has 2 fully saturated rings. The van der Waals surface area contributed by atoms with Crippen molar-refractivity contribution in [1.82, 2.24) is 15.1 Å². The van der Waals surface area contributed by atoms with Crippen LogP contribution in [0, 0.1) is 0 Å². The third kappa shape index (κ3) is 4.42. The van der Waals surface area contributed by atoms with Crippen molar-refractivity contribution in [2.75, 3.05) is 32.7 Å². The smallest absolute Gasteiger partial charge is 0.0869 e. The number of hydrogen-bond donors (Lipinski definition) is 2. The first kappa shape index (κ1) is 16.2. The normalized spacial score (nSPS) is 32.1. The van der Waals surface area contributed by atoms with E-state index in [-0.39, 0.29) is 0 Å². The predicted octanol–water partition coefficient (Wildman–Crippen LogP) is 1.29. The summed E-state index contributed by atoms with van der Waals surface area (Å²) >= 11 is 0. The van der Waals surface area contributed by atoms with Gasteiger partial charge in [0.1, 0.15) is 0 Å². The van der Waals surface area contributed by atoms with Crippen LogP contribution in [0.25, 0.3) is 0 Å². The van der Waals surface area contributed by atoms with Gasteiger partial charge in [-0.3, -0.25) is 9.80 Å². The Kier molecular flexibility index (Phi) is 5.46. The van der Waals surface area contributed by atoms with Gasteiger partial charge in [0, 0.05) is 44.3 Å². The molecule has 2 aliphatic rings. The molecular weight excluding hydrogens is 250 g/mol. The highest BCUT2D eigenvalue weighted by molar-refractivity contribution is 4.92. The fourth-order valence-corrected chi connectivity index (χ4v) is 3.55. The van der Waals surface area contributed by atoms with Gasteiger partial charge in [-0.15, -0.1) is 0 Å². The van der Waals surface area contributed by atoms with Gasteiger partial charge in [-0.25, -0.2) is 0 Å². The van der Waals surface area contributed by atoms with E-state index in [1.165, 1.54) is 32.4 Å². The molecule has 4 nitrogen and oxygen atoms in total. The molecule has 2 heterocycles. The number of nitrogens with zero attached hydrogens (tertiary/aromatic N) is 2. The van der Waals surface area contributed by atoms with Crippen LogP contribution in [0.1, 0.15) is 47.0 Å². The second-order valence-corrected chi connectivity index (χ2v) is 7.46. The standard InChI is InChI=1S/C16H33N3O/c1-13(2)17-11-16(4,20)12-19-10-15-7-5-6-8-18(15)9-14(19)3/h13-15,17,20H,5-12H2,1-4H3. The van der Waals surface area contributed by atoms with E-state index in [1.807, 2.05) is 6.92 Å². The predicted molar refractivity (Wildman–Crippen MR) is 84.0 cm³/mol. The molecule has 20 heavy (non-hydrogen) atoms. The largest absolute Gasteiger partial charge is 0.388 e. The molecule has 0 amide bonds. The molecule has 2 saturated heterocycles. The molecule has 3 unspecified atom stereocenters. The third-order valence-corrected chi connectivity index (χ3v) is 4.75. The maximum atomic E-state index is 10.6. The lowest BCUT2D eigenvalue weighted by Crippen LogP contribution is -2.62. The van der Waals surface area contributed by atoms with Crippen LogP contribution < -0.4 is 5.32 Å². The van der Waals surface area contributed by atoms with Gasteiger partial charge in [0.2, 0.25) is 0 Å². The first-order valence-electron chi connectivity index (χ1n) is 8.31. The molecule has 0 spiro atoms. The van der Waals surface area contributed by atoms with Crippen molar-refractivity contribution in [2.24, 2.45) is 0 Å². The topological polar surface area (TPSA) is 38.7 Å². The Balaban J connectivity index is 1.87. The Bertz CT molecular complexity index is 306. The van der Waals surface area contributed by atoms with Gasteiger partial charge < -0.3 is 10.4 Å². The zero-order valence-electron chi connectivity index (χ0n) is 13.7. The minimum atomic E-state index is -0.643. The molecular formula is C16H33N3O. The maximum absolute atomic E-state index is 10.6. The van der Waals surface area contributed by atoms with Gasteiger partial charge in [-0.05, 0) is 33.2 Å². The fourth-order valence-electron chi connectivity index (χ4n) is 3.55. The molecule has 118 valence electrons. The summed E-state index contributed by atoms with van der Waals surface area (Å²) in [6, 6.07) is 1.69. The van der Waals surface area contributed by atoms with E-state index in [4.69, 9.17) is 0 Å². The molecule has 4 heteroatoms. The van der Waals surface area contributed by atoms with Crippen molar-refractivity contribution in [3.63, 3.8) is 0 Å². The van der Waals surface area contributed by atoms with Crippen molar-refractivity contribution in [3.05, 3.63) is 0 Å². The Morgan fingerprint density at radius 3 is 2.75 bits per heavy atom. The van der Waals surface area contributed by atoms with Crippen molar-refractivity contribution in [1.29, 1.82) is 0 Å². The van der Waals surface area contributed by atoms with Crippen molar-refractivity contribution >= 4 is 0 Å². The summed E-state index contributed by atoms with van der Waals surface area (Å²) in [5.74, 6) is 0. The highest BCUT2D eigenvalue weighted by atomic mass is 16.3. The first-order chi connectivity index (χ1) is 9.37. The number of β-amino-alcohol motifs (C(OH)–C–C–N with tert-alkyl or cyclic N) is 1. The monoisotopic (exact) mass is 283 g/mol. The van der Waals surface area contributed by atoms with Crippen LogP contribution in [0.5, 0.6) is 0 Å². The minimum absolute atomic E-state index is 0.425. The number of aliphatic hydroxyl groups is 1. The van der Waals surface area contributed by atoms with Crippen LogP contribution in [0.3, 0.4) is 0 Å². The molecule has 0 saturated carbocycles. The van der Waals surface area contributed by atoms with Crippen LogP contribution in [-0.2, 0) is 0 Å². The quantitative estimate of drug-likeness (QED) is 0.797. The van der Waals surface area contributed by atoms with E-state index in [0.717, 1.165) is 13.1 Å². The van der Waals surface area contributed by atoms with E-state index in [0.29, 0.717) is 24.7 Å². The summed E-state index contributed by atoms with van der Waals surface area (Å²) in [5.41, 5.74) is -0.643. The van der Waals surface area contributed by atoms with Crippen molar-refractivity contribution in [2.45, 2.75) is 70.7 Å². The number of hydrogen-bond acceptors (Lipinski definition) is 4. The number of rotatable bonds is 5. The Labute approximate surface area is 124 Å². The van der Waals surface area contributed by atoms with Crippen LogP contribution in [0.2, 0.25) is 0 Å². The van der Waals surface area contributed by atoms with Gasteiger partial charge in [-0.1, -0.05) is 20.3 Å².